The molecular weight excluding hydrogens is 268 g/mol. The molecule has 3 nitrogen and oxygen atoms in total. The van der Waals surface area contributed by atoms with Crippen LogP contribution in [0.4, 0.5) is 5.69 Å². The van der Waals surface area contributed by atoms with E-state index in [1.165, 1.54) is 29.7 Å². The van der Waals surface area contributed by atoms with Gasteiger partial charge in [-0.1, -0.05) is 25.5 Å². The van der Waals surface area contributed by atoms with E-state index in [9.17, 15) is 4.79 Å². The van der Waals surface area contributed by atoms with E-state index in [0.717, 1.165) is 16.5 Å². The number of thiophene rings is 1. The maximum absolute atomic E-state index is 12.3. The Bertz CT molecular complexity index is 662. The molecule has 0 aliphatic heterocycles. The van der Waals surface area contributed by atoms with Gasteiger partial charge in [-0.3, -0.25) is 4.79 Å². The summed E-state index contributed by atoms with van der Waals surface area (Å²) in [6.45, 7) is 4.23. The highest BCUT2D eigenvalue weighted by Gasteiger charge is 2.37. The molecule has 3 rings (SSSR count). The van der Waals surface area contributed by atoms with Crippen molar-refractivity contribution in [1.82, 2.24) is 5.32 Å². The van der Waals surface area contributed by atoms with E-state index in [1.54, 1.807) is 0 Å². The zero-order valence-electron chi connectivity index (χ0n) is 11.9. The molecule has 2 atom stereocenters. The molecule has 1 aromatic carbocycles. The number of aryl methyl sites for hydroxylation is 1. The highest BCUT2D eigenvalue weighted by atomic mass is 32.1. The summed E-state index contributed by atoms with van der Waals surface area (Å²) in [4.78, 5) is 13.0. The predicted molar refractivity (Wildman–Crippen MR) is 85.2 cm³/mol. The average molecular weight is 288 g/mol. The standard InChI is InChI=1S/C16H20N2OS/c1-3-4-10-8-12(10)18-16(19)15-14(17)11-6-5-9(2)7-13(11)20-15/h5-7,10,12H,3-4,8,17H2,1-2H3,(H,18,19). The van der Waals surface area contributed by atoms with E-state index in [0.29, 0.717) is 22.5 Å². The molecule has 1 fully saturated rings. The van der Waals surface area contributed by atoms with Gasteiger partial charge in [0.2, 0.25) is 0 Å². The third-order valence-electron chi connectivity index (χ3n) is 3.99. The zero-order chi connectivity index (χ0) is 14.3. The number of hydrogen-bond acceptors (Lipinski definition) is 3. The smallest absolute Gasteiger partial charge is 0.263 e. The molecule has 1 aliphatic rings. The number of fused-ring (bicyclic) bond motifs is 1. The van der Waals surface area contributed by atoms with Crippen molar-refractivity contribution in [3.05, 3.63) is 28.6 Å². The van der Waals surface area contributed by atoms with Crippen LogP contribution in [0.25, 0.3) is 10.1 Å². The van der Waals surface area contributed by atoms with Crippen LogP contribution in [0.5, 0.6) is 0 Å². The predicted octanol–water partition coefficient (Wildman–Crippen LogP) is 3.71. The number of nitrogens with one attached hydrogen (secondary N) is 1. The molecule has 1 saturated carbocycles. The Morgan fingerprint density at radius 1 is 1.50 bits per heavy atom. The van der Waals surface area contributed by atoms with Crippen molar-refractivity contribution in [2.24, 2.45) is 5.92 Å². The number of nitrogen functional groups attached to an aromatic ring is 1. The van der Waals surface area contributed by atoms with Gasteiger partial charge in [-0.25, -0.2) is 0 Å². The summed E-state index contributed by atoms with van der Waals surface area (Å²) in [7, 11) is 0. The van der Waals surface area contributed by atoms with Crippen molar-refractivity contribution in [2.75, 3.05) is 5.73 Å². The molecular formula is C16H20N2OS. The molecule has 1 heterocycles. The lowest BCUT2D eigenvalue weighted by Gasteiger charge is -2.03. The number of rotatable bonds is 4. The van der Waals surface area contributed by atoms with Crippen LogP contribution in [-0.2, 0) is 0 Å². The normalized spacial score (nSPS) is 21.1. The van der Waals surface area contributed by atoms with Crippen LogP contribution in [0, 0.1) is 12.8 Å². The number of hydrogen-bond donors (Lipinski definition) is 2. The van der Waals surface area contributed by atoms with Crippen molar-refractivity contribution < 1.29 is 4.79 Å². The molecule has 1 aliphatic carbocycles. The molecule has 1 amide bonds. The lowest BCUT2D eigenvalue weighted by Crippen LogP contribution is -2.26. The fraction of sp³-hybridized carbons (Fsp3) is 0.438. The van der Waals surface area contributed by atoms with Crippen molar-refractivity contribution >= 4 is 33.0 Å². The van der Waals surface area contributed by atoms with Crippen molar-refractivity contribution in [1.29, 1.82) is 0 Å². The van der Waals surface area contributed by atoms with E-state index in [-0.39, 0.29) is 5.91 Å². The summed E-state index contributed by atoms with van der Waals surface area (Å²) in [5.74, 6) is 0.659. The average Bonchev–Trinajstić information content (AvgIpc) is 3.04. The zero-order valence-corrected chi connectivity index (χ0v) is 12.7. The molecule has 20 heavy (non-hydrogen) atoms. The molecule has 0 saturated heterocycles. The Morgan fingerprint density at radius 3 is 3.05 bits per heavy atom. The van der Waals surface area contributed by atoms with Gasteiger partial charge in [-0.05, 0) is 37.3 Å². The maximum atomic E-state index is 12.3. The Hall–Kier alpha value is -1.55. The Kier molecular flexibility index (Phi) is 3.42. The van der Waals surface area contributed by atoms with E-state index in [4.69, 9.17) is 5.73 Å². The topological polar surface area (TPSA) is 55.1 Å². The number of amides is 1. The quantitative estimate of drug-likeness (QED) is 0.901. The van der Waals surface area contributed by atoms with E-state index in [2.05, 4.69) is 25.2 Å². The molecule has 4 heteroatoms. The van der Waals surface area contributed by atoms with Gasteiger partial charge in [0.05, 0.1) is 5.69 Å². The number of benzene rings is 1. The van der Waals surface area contributed by atoms with Crippen LogP contribution in [0.1, 0.15) is 41.4 Å². The minimum Gasteiger partial charge on any atom is -0.397 e. The maximum Gasteiger partial charge on any atom is 0.263 e. The van der Waals surface area contributed by atoms with Gasteiger partial charge in [-0.2, -0.15) is 0 Å². The summed E-state index contributed by atoms with van der Waals surface area (Å²) in [5.41, 5.74) is 7.94. The third-order valence-corrected chi connectivity index (χ3v) is 5.16. The van der Waals surface area contributed by atoms with Gasteiger partial charge >= 0.3 is 0 Å². The van der Waals surface area contributed by atoms with Gasteiger partial charge in [-0.15, -0.1) is 11.3 Å². The van der Waals surface area contributed by atoms with Crippen molar-refractivity contribution in [3.63, 3.8) is 0 Å². The van der Waals surface area contributed by atoms with Crippen LogP contribution in [0.15, 0.2) is 18.2 Å². The van der Waals surface area contributed by atoms with Crippen LogP contribution < -0.4 is 11.1 Å². The SMILES string of the molecule is CCCC1CC1NC(=O)c1sc2cc(C)ccc2c1N. The van der Waals surface area contributed by atoms with E-state index in [1.807, 2.05) is 12.1 Å². The number of carbonyl (C=O) groups is 1. The molecule has 0 bridgehead atoms. The van der Waals surface area contributed by atoms with Gasteiger partial charge in [0.25, 0.3) is 5.91 Å². The number of anilines is 1. The van der Waals surface area contributed by atoms with Crippen LogP contribution >= 0.6 is 11.3 Å². The Balaban J connectivity index is 1.80. The van der Waals surface area contributed by atoms with Crippen molar-refractivity contribution in [3.8, 4) is 0 Å². The second-order valence-corrected chi connectivity index (χ2v) is 6.76. The first-order valence-corrected chi connectivity index (χ1v) is 8.01. The minimum atomic E-state index is -0.00930. The molecule has 2 unspecified atom stereocenters. The van der Waals surface area contributed by atoms with Crippen LogP contribution in [0.3, 0.4) is 0 Å². The second kappa shape index (κ2) is 5.09. The molecule has 1 aromatic heterocycles. The lowest BCUT2D eigenvalue weighted by molar-refractivity contribution is 0.0954. The Labute approximate surface area is 123 Å². The highest BCUT2D eigenvalue weighted by Crippen LogP contribution is 2.37. The largest absolute Gasteiger partial charge is 0.397 e. The fourth-order valence-electron chi connectivity index (χ4n) is 2.74. The van der Waals surface area contributed by atoms with Crippen LogP contribution in [-0.4, -0.2) is 11.9 Å². The minimum absolute atomic E-state index is 0.00930. The van der Waals surface area contributed by atoms with Crippen LogP contribution in [0.2, 0.25) is 0 Å². The van der Waals surface area contributed by atoms with Crippen molar-refractivity contribution in [2.45, 2.75) is 39.2 Å². The molecule has 0 spiro atoms. The van der Waals surface area contributed by atoms with Gasteiger partial charge in [0, 0.05) is 16.1 Å². The fourth-order valence-corrected chi connectivity index (χ4v) is 3.86. The molecule has 0 radical (unpaired) electrons. The van der Waals surface area contributed by atoms with Gasteiger partial charge in [0.1, 0.15) is 4.88 Å². The molecule has 106 valence electrons. The van der Waals surface area contributed by atoms with Gasteiger partial charge < -0.3 is 11.1 Å². The first kappa shape index (κ1) is 13.4. The monoisotopic (exact) mass is 288 g/mol. The third kappa shape index (κ3) is 2.40. The summed E-state index contributed by atoms with van der Waals surface area (Å²) in [5, 5.41) is 4.11. The first-order chi connectivity index (χ1) is 9.60. The van der Waals surface area contributed by atoms with Gasteiger partial charge in [0.15, 0.2) is 0 Å². The Morgan fingerprint density at radius 2 is 2.30 bits per heavy atom. The summed E-state index contributed by atoms with van der Waals surface area (Å²) < 4.78 is 1.09. The second-order valence-electron chi connectivity index (χ2n) is 5.71. The summed E-state index contributed by atoms with van der Waals surface area (Å²) in [6.07, 6.45) is 3.50. The first-order valence-electron chi connectivity index (χ1n) is 7.19. The highest BCUT2D eigenvalue weighted by molar-refractivity contribution is 7.21. The number of nitrogens with two attached hydrogens (primary N) is 1. The summed E-state index contributed by atoms with van der Waals surface area (Å²) in [6, 6.07) is 6.48. The summed E-state index contributed by atoms with van der Waals surface area (Å²) >= 11 is 1.49. The molecule has 2 aromatic rings. The van der Waals surface area contributed by atoms with E-state index >= 15 is 0 Å². The number of carbonyl (C=O) groups excluding carboxylic acids is 1. The van der Waals surface area contributed by atoms with E-state index < -0.39 is 0 Å². The lowest BCUT2D eigenvalue weighted by atomic mass is 10.1. The molecule has 3 N–H and O–H groups in total.